The van der Waals surface area contributed by atoms with E-state index in [1.54, 1.807) is 6.20 Å². The summed E-state index contributed by atoms with van der Waals surface area (Å²) in [5.74, 6) is 1.48. The highest BCUT2D eigenvalue weighted by atomic mass is 15.1. The maximum atomic E-state index is 5.77. The molecule has 1 aliphatic rings. The summed E-state index contributed by atoms with van der Waals surface area (Å²) in [6.07, 6.45) is 4.37. The average molecular weight is 234 g/mol. The van der Waals surface area contributed by atoms with Gasteiger partial charge in [0, 0.05) is 19.3 Å². The largest absolute Gasteiger partial charge is 0.382 e. The first-order valence-electron chi connectivity index (χ1n) is 6.42. The molecular weight excluding hydrogens is 212 g/mol. The fourth-order valence-electron chi connectivity index (χ4n) is 2.20. The number of nitrogens with two attached hydrogens (primary N) is 1. The summed E-state index contributed by atoms with van der Waals surface area (Å²) in [5, 5.41) is 3.34. The molecule has 1 fully saturated rings. The highest BCUT2D eigenvalue weighted by Crippen LogP contribution is 2.16. The van der Waals surface area contributed by atoms with Crippen molar-refractivity contribution in [3.63, 3.8) is 0 Å². The van der Waals surface area contributed by atoms with Crippen LogP contribution in [0, 0.1) is 5.92 Å². The van der Waals surface area contributed by atoms with Gasteiger partial charge in [-0.25, -0.2) is 4.98 Å². The van der Waals surface area contributed by atoms with Crippen LogP contribution in [0.1, 0.15) is 19.8 Å². The molecule has 94 valence electrons. The van der Waals surface area contributed by atoms with Crippen LogP contribution in [0.4, 0.5) is 11.5 Å². The number of rotatable bonds is 4. The maximum absolute atomic E-state index is 5.77. The second kappa shape index (κ2) is 5.87. The number of likely N-dealkylation sites (tertiary alicyclic amines) is 1. The molecule has 0 bridgehead atoms. The van der Waals surface area contributed by atoms with Crippen molar-refractivity contribution in [3.8, 4) is 0 Å². The van der Waals surface area contributed by atoms with Gasteiger partial charge in [-0.3, -0.25) is 0 Å². The SMILES string of the molecule is CC1CCN(CCNc2cccnc2N)CC1. The number of hydrogen-bond donors (Lipinski definition) is 2. The van der Waals surface area contributed by atoms with E-state index < -0.39 is 0 Å². The van der Waals surface area contributed by atoms with Gasteiger partial charge in [-0.1, -0.05) is 6.92 Å². The zero-order chi connectivity index (χ0) is 12.1. The molecule has 0 spiro atoms. The van der Waals surface area contributed by atoms with E-state index in [-0.39, 0.29) is 0 Å². The zero-order valence-electron chi connectivity index (χ0n) is 10.5. The van der Waals surface area contributed by atoms with Gasteiger partial charge in [-0.2, -0.15) is 0 Å². The molecule has 0 atom stereocenters. The number of aromatic nitrogens is 1. The average Bonchev–Trinajstić information content (AvgIpc) is 2.34. The molecule has 0 aromatic carbocycles. The number of nitrogens with zero attached hydrogens (tertiary/aromatic N) is 2. The molecule has 0 unspecified atom stereocenters. The normalized spacial score (nSPS) is 18.2. The van der Waals surface area contributed by atoms with Gasteiger partial charge in [0.2, 0.25) is 0 Å². The molecule has 1 aliphatic heterocycles. The first-order valence-corrected chi connectivity index (χ1v) is 6.42. The Bertz CT molecular complexity index is 345. The lowest BCUT2D eigenvalue weighted by molar-refractivity contribution is 0.199. The van der Waals surface area contributed by atoms with Crippen LogP contribution >= 0.6 is 0 Å². The molecular formula is C13H22N4. The standard InChI is InChI=1S/C13H22N4/c1-11-4-8-17(9-5-11)10-7-15-12-3-2-6-16-13(12)14/h2-3,6,11,15H,4-5,7-10H2,1H3,(H2,14,16). The van der Waals surface area contributed by atoms with Crippen molar-refractivity contribution in [1.29, 1.82) is 0 Å². The minimum Gasteiger partial charge on any atom is -0.382 e. The fraction of sp³-hybridized carbons (Fsp3) is 0.615. The summed E-state index contributed by atoms with van der Waals surface area (Å²) >= 11 is 0. The number of nitrogen functional groups attached to an aromatic ring is 1. The van der Waals surface area contributed by atoms with Crippen LogP contribution in [0.3, 0.4) is 0 Å². The highest BCUT2D eigenvalue weighted by molar-refractivity contribution is 5.60. The van der Waals surface area contributed by atoms with E-state index in [1.807, 2.05) is 12.1 Å². The minimum atomic E-state index is 0.583. The maximum Gasteiger partial charge on any atom is 0.146 e. The number of nitrogens with one attached hydrogen (secondary N) is 1. The molecule has 3 N–H and O–H groups in total. The molecule has 2 heterocycles. The topological polar surface area (TPSA) is 54.2 Å². The predicted molar refractivity (Wildman–Crippen MR) is 72.0 cm³/mol. The second-order valence-corrected chi connectivity index (χ2v) is 4.89. The van der Waals surface area contributed by atoms with E-state index in [9.17, 15) is 0 Å². The molecule has 4 heteroatoms. The lowest BCUT2D eigenvalue weighted by Crippen LogP contribution is -2.36. The Kier molecular flexibility index (Phi) is 4.20. The van der Waals surface area contributed by atoms with Gasteiger partial charge in [-0.05, 0) is 44.0 Å². The minimum absolute atomic E-state index is 0.583. The lowest BCUT2D eigenvalue weighted by atomic mass is 9.99. The highest BCUT2D eigenvalue weighted by Gasteiger charge is 2.14. The van der Waals surface area contributed by atoms with Gasteiger partial charge >= 0.3 is 0 Å². The van der Waals surface area contributed by atoms with E-state index in [4.69, 9.17) is 5.73 Å². The summed E-state index contributed by atoms with van der Waals surface area (Å²) in [7, 11) is 0. The van der Waals surface area contributed by atoms with Gasteiger partial charge in [0.25, 0.3) is 0 Å². The Morgan fingerprint density at radius 2 is 2.24 bits per heavy atom. The Hall–Kier alpha value is -1.29. The fourth-order valence-corrected chi connectivity index (χ4v) is 2.20. The molecule has 2 rings (SSSR count). The third-order valence-electron chi connectivity index (χ3n) is 3.46. The third kappa shape index (κ3) is 3.60. The van der Waals surface area contributed by atoms with Gasteiger partial charge in [0.15, 0.2) is 0 Å². The second-order valence-electron chi connectivity index (χ2n) is 4.89. The smallest absolute Gasteiger partial charge is 0.146 e. The molecule has 0 aliphatic carbocycles. The van der Waals surface area contributed by atoms with Crippen molar-refractivity contribution in [3.05, 3.63) is 18.3 Å². The quantitative estimate of drug-likeness (QED) is 0.834. The van der Waals surface area contributed by atoms with Crippen molar-refractivity contribution in [2.75, 3.05) is 37.2 Å². The first-order chi connectivity index (χ1) is 8.25. The summed E-state index contributed by atoms with van der Waals surface area (Å²) in [5.41, 5.74) is 6.71. The molecule has 1 aromatic rings. The number of piperidine rings is 1. The van der Waals surface area contributed by atoms with E-state index in [2.05, 4.69) is 22.1 Å². The molecule has 17 heavy (non-hydrogen) atoms. The van der Waals surface area contributed by atoms with Crippen LogP contribution in [0.5, 0.6) is 0 Å². The van der Waals surface area contributed by atoms with Crippen LogP contribution < -0.4 is 11.1 Å². The molecule has 4 nitrogen and oxygen atoms in total. The summed E-state index contributed by atoms with van der Waals surface area (Å²) in [6, 6.07) is 3.88. The van der Waals surface area contributed by atoms with E-state index in [0.717, 1.165) is 24.7 Å². The van der Waals surface area contributed by atoms with Crippen LogP contribution in [-0.4, -0.2) is 36.1 Å². The molecule has 0 saturated carbocycles. The molecule has 0 amide bonds. The van der Waals surface area contributed by atoms with Crippen LogP contribution in [-0.2, 0) is 0 Å². The summed E-state index contributed by atoms with van der Waals surface area (Å²) in [6.45, 7) is 6.81. The van der Waals surface area contributed by atoms with Crippen LogP contribution in [0.25, 0.3) is 0 Å². The van der Waals surface area contributed by atoms with E-state index in [0.29, 0.717) is 5.82 Å². The van der Waals surface area contributed by atoms with Gasteiger partial charge in [-0.15, -0.1) is 0 Å². The van der Waals surface area contributed by atoms with E-state index in [1.165, 1.54) is 25.9 Å². The predicted octanol–water partition coefficient (Wildman–Crippen LogP) is 1.81. The number of hydrogen-bond acceptors (Lipinski definition) is 4. The van der Waals surface area contributed by atoms with Crippen molar-refractivity contribution < 1.29 is 0 Å². The van der Waals surface area contributed by atoms with Gasteiger partial charge in [0.05, 0.1) is 5.69 Å². The van der Waals surface area contributed by atoms with Gasteiger partial charge < -0.3 is 16.0 Å². The molecule has 1 saturated heterocycles. The van der Waals surface area contributed by atoms with Crippen LogP contribution in [0.15, 0.2) is 18.3 Å². The van der Waals surface area contributed by atoms with Crippen molar-refractivity contribution >= 4 is 11.5 Å². The molecule has 1 aromatic heterocycles. The van der Waals surface area contributed by atoms with Crippen LogP contribution in [0.2, 0.25) is 0 Å². The lowest BCUT2D eigenvalue weighted by Gasteiger charge is -2.30. The third-order valence-corrected chi connectivity index (χ3v) is 3.46. The Morgan fingerprint density at radius 1 is 1.47 bits per heavy atom. The number of anilines is 2. The first kappa shape index (κ1) is 12.2. The number of pyridine rings is 1. The van der Waals surface area contributed by atoms with Crippen molar-refractivity contribution in [2.24, 2.45) is 5.92 Å². The zero-order valence-corrected chi connectivity index (χ0v) is 10.5. The Labute approximate surface area is 103 Å². The van der Waals surface area contributed by atoms with Gasteiger partial charge in [0.1, 0.15) is 5.82 Å². The van der Waals surface area contributed by atoms with E-state index >= 15 is 0 Å². The summed E-state index contributed by atoms with van der Waals surface area (Å²) in [4.78, 5) is 6.57. The Balaban J connectivity index is 1.71. The van der Waals surface area contributed by atoms with Crippen molar-refractivity contribution in [2.45, 2.75) is 19.8 Å². The Morgan fingerprint density at radius 3 is 2.94 bits per heavy atom. The monoisotopic (exact) mass is 234 g/mol. The molecule has 0 radical (unpaired) electrons. The van der Waals surface area contributed by atoms with Crippen molar-refractivity contribution in [1.82, 2.24) is 9.88 Å². The summed E-state index contributed by atoms with van der Waals surface area (Å²) < 4.78 is 0.